The predicted octanol–water partition coefficient (Wildman–Crippen LogP) is 1.94. The number of nitrogens with zero attached hydrogens (tertiary/aromatic N) is 6. The number of anilines is 1. The van der Waals surface area contributed by atoms with Crippen molar-refractivity contribution in [3.05, 3.63) is 46.0 Å². The first-order chi connectivity index (χ1) is 12.1. The first kappa shape index (κ1) is 15.7. The summed E-state index contributed by atoms with van der Waals surface area (Å²) in [7, 11) is 1.54. The van der Waals surface area contributed by atoms with Gasteiger partial charge in [0.1, 0.15) is 11.5 Å². The molecule has 0 radical (unpaired) electrons. The van der Waals surface area contributed by atoms with Crippen molar-refractivity contribution in [2.45, 2.75) is 19.3 Å². The van der Waals surface area contributed by atoms with E-state index in [4.69, 9.17) is 11.6 Å². The van der Waals surface area contributed by atoms with Crippen LogP contribution in [0, 0.1) is 5.82 Å². The molecule has 3 aromatic rings. The second-order valence-electron chi connectivity index (χ2n) is 5.71. The maximum absolute atomic E-state index is 14.3. The quantitative estimate of drug-likeness (QED) is 0.769. The van der Waals surface area contributed by atoms with Gasteiger partial charge in [0.25, 0.3) is 11.9 Å². The molecule has 8 nitrogen and oxygen atoms in total. The highest BCUT2D eigenvalue weighted by atomic mass is 35.5. The number of carbonyl (C=O) groups is 1. The monoisotopic (exact) mass is 361 g/mol. The molecule has 0 bridgehead atoms. The molecule has 1 N–H and O–H groups in total. The van der Waals surface area contributed by atoms with Crippen LogP contribution in [0.4, 0.5) is 10.3 Å². The SMILES string of the molecule is CN(C(=O)c1nn(-c2cc(Cl)ccc2F)c2c1CCC2)c1nn[nH]n1. The van der Waals surface area contributed by atoms with Gasteiger partial charge in [0, 0.05) is 23.3 Å². The van der Waals surface area contributed by atoms with Gasteiger partial charge in [0.2, 0.25) is 0 Å². The molecule has 10 heteroatoms. The second kappa shape index (κ2) is 5.92. The smallest absolute Gasteiger partial charge is 0.276 e. The molecule has 0 unspecified atom stereocenters. The van der Waals surface area contributed by atoms with Gasteiger partial charge in [-0.15, -0.1) is 5.10 Å². The van der Waals surface area contributed by atoms with E-state index in [0.717, 1.165) is 17.7 Å². The van der Waals surface area contributed by atoms with Crippen molar-refractivity contribution < 1.29 is 9.18 Å². The molecule has 25 heavy (non-hydrogen) atoms. The average molecular weight is 362 g/mol. The van der Waals surface area contributed by atoms with Gasteiger partial charge in [-0.2, -0.15) is 10.3 Å². The molecule has 128 valence electrons. The van der Waals surface area contributed by atoms with Crippen LogP contribution in [-0.2, 0) is 12.8 Å². The van der Waals surface area contributed by atoms with E-state index in [2.05, 4.69) is 25.7 Å². The summed E-state index contributed by atoms with van der Waals surface area (Å²) in [5, 5.41) is 18.1. The number of aromatic nitrogens is 6. The third-order valence-electron chi connectivity index (χ3n) is 4.21. The van der Waals surface area contributed by atoms with Gasteiger partial charge in [0.05, 0.1) is 0 Å². The fourth-order valence-electron chi connectivity index (χ4n) is 3.00. The Morgan fingerprint density at radius 1 is 1.40 bits per heavy atom. The normalized spacial score (nSPS) is 13.1. The lowest BCUT2D eigenvalue weighted by Gasteiger charge is -2.11. The largest absolute Gasteiger partial charge is 0.281 e. The number of fused-ring (bicyclic) bond motifs is 1. The number of aromatic amines is 1. The number of H-pyrrole nitrogens is 1. The second-order valence-corrected chi connectivity index (χ2v) is 6.15. The molecule has 0 saturated carbocycles. The van der Waals surface area contributed by atoms with Crippen LogP contribution in [-0.4, -0.2) is 43.4 Å². The number of carbonyl (C=O) groups excluding carboxylic acids is 1. The zero-order valence-corrected chi connectivity index (χ0v) is 14.0. The molecule has 0 fully saturated rings. The molecular formula is C15H13ClFN7O. The van der Waals surface area contributed by atoms with Crippen molar-refractivity contribution >= 4 is 23.5 Å². The van der Waals surface area contributed by atoms with E-state index in [1.807, 2.05) is 0 Å². The first-order valence-electron chi connectivity index (χ1n) is 7.64. The number of benzene rings is 1. The summed E-state index contributed by atoms with van der Waals surface area (Å²) in [6.45, 7) is 0. The Bertz CT molecular complexity index is 953. The van der Waals surface area contributed by atoms with E-state index in [-0.39, 0.29) is 23.2 Å². The van der Waals surface area contributed by atoms with E-state index in [1.165, 1.54) is 34.8 Å². The van der Waals surface area contributed by atoms with Crippen molar-refractivity contribution in [3.8, 4) is 5.69 Å². The third kappa shape index (κ3) is 2.56. The predicted molar refractivity (Wildman–Crippen MR) is 87.5 cm³/mol. The van der Waals surface area contributed by atoms with Gasteiger partial charge < -0.3 is 0 Å². The number of amides is 1. The summed E-state index contributed by atoms with van der Waals surface area (Å²) in [6.07, 6.45) is 2.30. The third-order valence-corrected chi connectivity index (χ3v) is 4.44. The van der Waals surface area contributed by atoms with Gasteiger partial charge in [-0.3, -0.25) is 9.69 Å². The minimum absolute atomic E-state index is 0.139. The van der Waals surface area contributed by atoms with Gasteiger partial charge in [-0.25, -0.2) is 9.07 Å². The van der Waals surface area contributed by atoms with Crippen molar-refractivity contribution in [1.29, 1.82) is 0 Å². The molecule has 1 aromatic carbocycles. The molecule has 4 rings (SSSR count). The van der Waals surface area contributed by atoms with Crippen LogP contribution in [0.1, 0.15) is 28.2 Å². The minimum Gasteiger partial charge on any atom is -0.276 e. The van der Waals surface area contributed by atoms with Gasteiger partial charge in [0.15, 0.2) is 5.69 Å². The lowest BCUT2D eigenvalue weighted by molar-refractivity contribution is 0.0985. The lowest BCUT2D eigenvalue weighted by Crippen LogP contribution is -2.28. The van der Waals surface area contributed by atoms with Crippen LogP contribution in [0.3, 0.4) is 0 Å². The van der Waals surface area contributed by atoms with Crippen molar-refractivity contribution in [1.82, 2.24) is 30.4 Å². The van der Waals surface area contributed by atoms with Crippen LogP contribution in [0.2, 0.25) is 5.02 Å². The molecule has 1 aliphatic rings. The fraction of sp³-hybridized carbons (Fsp3) is 0.267. The topological polar surface area (TPSA) is 92.6 Å². The molecule has 2 heterocycles. The lowest BCUT2D eigenvalue weighted by atomic mass is 10.2. The summed E-state index contributed by atoms with van der Waals surface area (Å²) in [5.41, 5.74) is 2.14. The van der Waals surface area contributed by atoms with E-state index in [0.29, 0.717) is 17.9 Å². The van der Waals surface area contributed by atoms with Gasteiger partial charge >= 0.3 is 0 Å². The highest BCUT2D eigenvalue weighted by molar-refractivity contribution is 6.30. The summed E-state index contributed by atoms with van der Waals surface area (Å²) in [6, 6.07) is 4.26. The van der Waals surface area contributed by atoms with Crippen molar-refractivity contribution in [2.75, 3.05) is 11.9 Å². The highest BCUT2D eigenvalue weighted by Crippen LogP contribution is 2.30. The van der Waals surface area contributed by atoms with Crippen LogP contribution in [0.15, 0.2) is 18.2 Å². The zero-order chi connectivity index (χ0) is 17.6. The number of hydrogen-bond acceptors (Lipinski definition) is 5. The van der Waals surface area contributed by atoms with Crippen LogP contribution in [0.5, 0.6) is 0 Å². The summed E-state index contributed by atoms with van der Waals surface area (Å²) < 4.78 is 15.7. The molecule has 1 amide bonds. The van der Waals surface area contributed by atoms with E-state index in [1.54, 1.807) is 0 Å². The van der Waals surface area contributed by atoms with Crippen LogP contribution >= 0.6 is 11.6 Å². The van der Waals surface area contributed by atoms with Crippen LogP contribution < -0.4 is 4.90 Å². The molecule has 0 saturated heterocycles. The van der Waals surface area contributed by atoms with E-state index >= 15 is 0 Å². The Balaban J connectivity index is 1.81. The van der Waals surface area contributed by atoms with E-state index < -0.39 is 5.82 Å². The number of hydrogen-bond donors (Lipinski definition) is 1. The maximum Gasteiger partial charge on any atom is 0.281 e. The highest BCUT2D eigenvalue weighted by Gasteiger charge is 2.30. The number of tetrazole rings is 1. The Morgan fingerprint density at radius 3 is 3.00 bits per heavy atom. The molecule has 0 aliphatic heterocycles. The van der Waals surface area contributed by atoms with E-state index in [9.17, 15) is 9.18 Å². The molecule has 0 atom stereocenters. The summed E-state index contributed by atoms with van der Waals surface area (Å²) in [5.74, 6) is -0.687. The first-order valence-corrected chi connectivity index (χ1v) is 8.01. The molecule has 0 spiro atoms. The Hall–Kier alpha value is -2.81. The summed E-state index contributed by atoms with van der Waals surface area (Å²) in [4.78, 5) is 14.1. The fourth-order valence-corrected chi connectivity index (χ4v) is 3.17. The Labute approximate surface area is 146 Å². The van der Waals surface area contributed by atoms with Gasteiger partial charge in [-0.1, -0.05) is 16.7 Å². The zero-order valence-electron chi connectivity index (χ0n) is 13.2. The Kier molecular flexibility index (Phi) is 3.72. The molecular weight excluding hydrogens is 349 g/mol. The van der Waals surface area contributed by atoms with Gasteiger partial charge in [-0.05, 0) is 42.7 Å². The molecule has 2 aromatic heterocycles. The average Bonchev–Trinajstić information content (AvgIpc) is 3.33. The summed E-state index contributed by atoms with van der Waals surface area (Å²) >= 11 is 6.00. The number of nitrogens with one attached hydrogen (secondary N) is 1. The van der Waals surface area contributed by atoms with Crippen molar-refractivity contribution in [2.24, 2.45) is 0 Å². The van der Waals surface area contributed by atoms with Crippen molar-refractivity contribution in [3.63, 3.8) is 0 Å². The standard InChI is InChI=1S/C15H13ClFN7O/c1-23(15-18-21-22-19-15)14(25)13-9-3-2-4-11(9)24(20-13)12-7-8(16)5-6-10(12)17/h5-7H,2-4H2,1H3,(H,18,19,21,22). The Morgan fingerprint density at radius 2 is 2.24 bits per heavy atom. The number of rotatable bonds is 3. The number of halogens is 2. The maximum atomic E-state index is 14.3. The van der Waals surface area contributed by atoms with Crippen LogP contribution in [0.25, 0.3) is 5.69 Å². The molecule has 1 aliphatic carbocycles. The minimum atomic E-state index is -0.452.